The molecule has 0 bridgehead atoms. The first-order chi connectivity index (χ1) is 10.6. The highest BCUT2D eigenvalue weighted by molar-refractivity contribution is 8.26. The second-order valence-electron chi connectivity index (χ2n) is 4.58. The molecule has 0 aliphatic carbocycles. The Morgan fingerprint density at radius 2 is 2.14 bits per heavy atom. The minimum Gasteiger partial charge on any atom is -0.480 e. The van der Waals surface area contributed by atoms with Gasteiger partial charge >= 0.3 is 5.97 Å². The maximum absolute atomic E-state index is 12.3. The molecule has 110 valence electrons. The lowest BCUT2D eigenvalue weighted by Gasteiger charge is -2.10. The van der Waals surface area contributed by atoms with Crippen molar-refractivity contribution in [1.29, 1.82) is 0 Å². The normalized spacial score (nSPS) is 16.7. The van der Waals surface area contributed by atoms with Crippen molar-refractivity contribution in [3.63, 3.8) is 0 Å². The van der Waals surface area contributed by atoms with Gasteiger partial charge in [-0.25, -0.2) is 0 Å². The van der Waals surface area contributed by atoms with Crippen LogP contribution in [0.4, 0.5) is 0 Å². The summed E-state index contributed by atoms with van der Waals surface area (Å²) in [4.78, 5) is 28.8. The Hall–Kier alpha value is -2.25. The summed E-state index contributed by atoms with van der Waals surface area (Å²) in [5.74, 6) is -1.47. The van der Waals surface area contributed by atoms with Gasteiger partial charge in [0.1, 0.15) is 10.9 Å². The second kappa shape index (κ2) is 5.86. The fourth-order valence-corrected chi connectivity index (χ4v) is 3.40. The summed E-state index contributed by atoms with van der Waals surface area (Å²) in [5, 5.41) is 9.76. The van der Waals surface area contributed by atoms with Gasteiger partial charge in [0.05, 0.1) is 10.4 Å². The first-order valence-electron chi connectivity index (χ1n) is 6.37. The number of benzene rings is 1. The number of para-hydroxylation sites is 1. The van der Waals surface area contributed by atoms with Crippen molar-refractivity contribution in [3.8, 4) is 0 Å². The molecule has 0 spiro atoms. The number of carbonyl (C=O) groups is 2. The van der Waals surface area contributed by atoms with E-state index in [2.05, 4.69) is 4.98 Å². The topological polar surface area (TPSA) is 70.5 Å². The van der Waals surface area contributed by atoms with Crippen LogP contribution in [0, 0.1) is 0 Å². The van der Waals surface area contributed by atoms with Gasteiger partial charge in [0.2, 0.25) is 0 Å². The Morgan fingerprint density at radius 1 is 1.36 bits per heavy atom. The largest absolute Gasteiger partial charge is 0.480 e. The number of aromatic nitrogens is 1. The third kappa shape index (κ3) is 2.72. The fourth-order valence-electron chi connectivity index (χ4n) is 2.16. The third-order valence-corrected chi connectivity index (χ3v) is 4.51. The van der Waals surface area contributed by atoms with Gasteiger partial charge in [-0.3, -0.25) is 19.5 Å². The van der Waals surface area contributed by atoms with Crippen LogP contribution in [0.15, 0.2) is 41.4 Å². The molecule has 3 rings (SSSR count). The number of hydrogen-bond donors (Lipinski definition) is 1. The monoisotopic (exact) mass is 330 g/mol. The number of thiocarbonyl (C=S) groups is 1. The average molecular weight is 330 g/mol. The molecule has 1 aliphatic rings. The lowest BCUT2D eigenvalue weighted by molar-refractivity contribution is -0.140. The molecule has 1 N–H and O–H groups in total. The number of rotatable bonds is 3. The van der Waals surface area contributed by atoms with Gasteiger partial charge in [0.25, 0.3) is 5.91 Å². The molecular weight excluding hydrogens is 320 g/mol. The Bertz CT molecular complexity index is 827. The van der Waals surface area contributed by atoms with E-state index in [1.165, 1.54) is 0 Å². The third-order valence-electron chi connectivity index (χ3n) is 3.14. The number of pyridine rings is 1. The minimum absolute atomic E-state index is 0.261. The van der Waals surface area contributed by atoms with Crippen LogP contribution in [0.5, 0.6) is 0 Å². The van der Waals surface area contributed by atoms with Crippen LogP contribution in [0.2, 0.25) is 0 Å². The van der Waals surface area contributed by atoms with Crippen molar-refractivity contribution < 1.29 is 14.7 Å². The quantitative estimate of drug-likeness (QED) is 0.689. The average Bonchev–Trinajstić information content (AvgIpc) is 2.75. The van der Waals surface area contributed by atoms with Crippen molar-refractivity contribution in [2.24, 2.45) is 0 Å². The number of thioether (sulfide) groups is 1. The van der Waals surface area contributed by atoms with Gasteiger partial charge in [-0.2, -0.15) is 0 Å². The molecule has 1 saturated heterocycles. The van der Waals surface area contributed by atoms with Crippen molar-refractivity contribution in [3.05, 3.63) is 47.0 Å². The number of carboxylic acids is 1. The molecule has 2 heterocycles. The molecule has 2 aromatic rings. The van der Waals surface area contributed by atoms with Crippen LogP contribution in [0.3, 0.4) is 0 Å². The lowest BCUT2D eigenvalue weighted by atomic mass is 10.1. The van der Waals surface area contributed by atoms with Crippen LogP contribution in [0.1, 0.15) is 5.56 Å². The van der Waals surface area contributed by atoms with E-state index in [1.54, 1.807) is 12.3 Å². The molecule has 1 aliphatic heterocycles. The molecule has 7 heteroatoms. The Morgan fingerprint density at radius 3 is 2.91 bits per heavy atom. The standard InChI is InChI=1S/C15H10N2O3S2/c18-13(19)8-17-14(20)12(22-15(17)21)7-9-5-6-16-11-4-2-1-3-10(9)11/h1-7H,8H2,(H,18,19). The smallest absolute Gasteiger partial charge is 0.323 e. The zero-order valence-electron chi connectivity index (χ0n) is 11.2. The molecule has 1 aromatic carbocycles. The molecule has 1 fully saturated rings. The van der Waals surface area contributed by atoms with E-state index in [9.17, 15) is 9.59 Å². The van der Waals surface area contributed by atoms with Gasteiger partial charge in [-0.05, 0) is 23.8 Å². The second-order valence-corrected chi connectivity index (χ2v) is 6.25. The summed E-state index contributed by atoms with van der Waals surface area (Å²) in [6.07, 6.45) is 3.40. The molecule has 1 aromatic heterocycles. The highest BCUT2D eigenvalue weighted by Crippen LogP contribution is 2.33. The summed E-state index contributed by atoms with van der Waals surface area (Å²) in [5.41, 5.74) is 1.68. The summed E-state index contributed by atoms with van der Waals surface area (Å²) < 4.78 is 0.261. The number of fused-ring (bicyclic) bond motifs is 1. The highest BCUT2D eigenvalue weighted by atomic mass is 32.2. The Kier molecular flexibility index (Phi) is 3.91. The summed E-state index contributed by atoms with van der Waals surface area (Å²) in [6.45, 7) is -0.418. The minimum atomic E-state index is -1.09. The molecule has 5 nitrogen and oxygen atoms in total. The van der Waals surface area contributed by atoms with Crippen molar-refractivity contribution in [1.82, 2.24) is 9.88 Å². The van der Waals surface area contributed by atoms with Crippen molar-refractivity contribution >= 4 is 57.2 Å². The van der Waals surface area contributed by atoms with Crippen LogP contribution < -0.4 is 0 Å². The molecule has 0 unspecified atom stereocenters. The first kappa shape index (κ1) is 14.7. The van der Waals surface area contributed by atoms with E-state index >= 15 is 0 Å². The summed E-state index contributed by atoms with van der Waals surface area (Å²) >= 11 is 6.19. The number of amides is 1. The van der Waals surface area contributed by atoms with E-state index in [1.807, 2.05) is 30.3 Å². The maximum atomic E-state index is 12.3. The molecule has 0 radical (unpaired) electrons. The molecule has 22 heavy (non-hydrogen) atoms. The van der Waals surface area contributed by atoms with E-state index in [4.69, 9.17) is 17.3 Å². The fraction of sp³-hybridized carbons (Fsp3) is 0.0667. The Balaban J connectivity index is 2.00. The van der Waals surface area contributed by atoms with E-state index in [0.717, 1.165) is 33.1 Å². The van der Waals surface area contributed by atoms with Gasteiger partial charge < -0.3 is 5.11 Å². The van der Waals surface area contributed by atoms with Gasteiger partial charge in [-0.1, -0.05) is 42.2 Å². The van der Waals surface area contributed by atoms with Crippen LogP contribution in [-0.2, 0) is 9.59 Å². The molecule has 0 atom stereocenters. The number of aliphatic carboxylic acids is 1. The number of carbonyl (C=O) groups excluding carboxylic acids is 1. The predicted octanol–water partition coefficient (Wildman–Crippen LogP) is 2.52. The lowest BCUT2D eigenvalue weighted by Crippen LogP contribution is -2.33. The van der Waals surface area contributed by atoms with E-state index in [-0.39, 0.29) is 10.2 Å². The number of nitrogens with zero attached hydrogens (tertiary/aromatic N) is 2. The highest BCUT2D eigenvalue weighted by Gasteiger charge is 2.33. The maximum Gasteiger partial charge on any atom is 0.323 e. The SMILES string of the molecule is O=C(O)CN1C(=O)C(=Cc2ccnc3ccccc23)SC1=S. The van der Waals surface area contributed by atoms with Gasteiger partial charge in [-0.15, -0.1) is 0 Å². The van der Waals surface area contributed by atoms with Crippen LogP contribution >= 0.6 is 24.0 Å². The van der Waals surface area contributed by atoms with E-state index in [0.29, 0.717) is 4.91 Å². The zero-order chi connectivity index (χ0) is 15.7. The number of carboxylic acid groups (broad SMARTS) is 1. The van der Waals surface area contributed by atoms with Crippen molar-refractivity contribution in [2.75, 3.05) is 6.54 Å². The van der Waals surface area contributed by atoms with E-state index < -0.39 is 12.5 Å². The summed E-state index contributed by atoms with van der Waals surface area (Å²) in [7, 11) is 0. The first-order valence-corrected chi connectivity index (χ1v) is 7.59. The van der Waals surface area contributed by atoms with Crippen molar-refractivity contribution in [2.45, 2.75) is 0 Å². The van der Waals surface area contributed by atoms with Crippen LogP contribution in [0.25, 0.3) is 17.0 Å². The summed E-state index contributed by atoms with van der Waals surface area (Å²) in [6, 6.07) is 9.42. The molecule has 1 amide bonds. The molecule has 0 saturated carbocycles. The predicted molar refractivity (Wildman–Crippen MR) is 89.3 cm³/mol. The Labute approximate surface area is 135 Å². The zero-order valence-corrected chi connectivity index (χ0v) is 12.9. The van der Waals surface area contributed by atoms with Crippen LogP contribution in [-0.4, -0.2) is 37.7 Å². The molecular formula is C15H10N2O3S2. The van der Waals surface area contributed by atoms with Gasteiger partial charge in [0.15, 0.2) is 0 Å². The van der Waals surface area contributed by atoms with Gasteiger partial charge in [0, 0.05) is 11.6 Å². The number of hydrogen-bond acceptors (Lipinski definition) is 5.